The van der Waals surface area contributed by atoms with E-state index in [0.29, 0.717) is 0 Å². The molecule has 2 aromatic carbocycles. The van der Waals surface area contributed by atoms with Crippen LogP contribution in [0.25, 0.3) is 21.8 Å². The molecule has 0 unspecified atom stereocenters. The topological polar surface area (TPSA) is 32.3 Å². The third kappa shape index (κ3) is 12.2. The molecule has 0 saturated carbocycles. The van der Waals surface area contributed by atoms with Gasteiger partial charge >= 0.3 is 315 Å². The van der Waals surface area contributed by atoms with Crippen molar-refractivity contribution in [2.45, 2.75) is 78.6 Å². The first-order chi connectivity index (χ1) is 22.2. The van der Waals surface area contributed by atoms with Gasteiger partial charge in [0, 0.05) is 17.1 Å². The molecule has 2 aromatic heterocycles. The summed E-state index contributed by atoms with van der Waals surface area (Å²) in [4.78, 5) is 9.44. The van der Waals surface area contributed by atoms with E-state index in [4.69, 9.17) is 9.97 Å². The molecule has 0 saturated heterocycles. The van der Waals surface area contributed by atoms with Crippen LogP contribution in [0.1, 0.15) is 22.5 Å². The van der Waals surface area contributed by atoms with Crippen LogP contribution in [0.15, 0.2) is 109 Å². The van der Waals surface area contributed by atoms with Crippen molar-refractivity contribution < 1.29 is 0 Å². The van der Waals surface area contributed by atoms with Gasteiger partial charge in [0.1, 0.15) is 0 Å². The van der Waals surface area contributed by atoms with Crippen molar-refractivity contribution in [3.05, 3.63) is 132 Å². The molecule has 11 heteroatoms. The van der Waals surface area contributed by atoms with Gasteiger partial charge in [0.15, 0.2) is 0 Å². The smallest absolute Gasteiger partial charge is 0 e. The Morgan fingerprint density at radius 3 is 0.959 bits per heavy atom. The fourth-order valence-electron chi connectivity index (χ4n) is 5.38. The summed E-state index contributed by atoms with van der Waals surface area (Å²) in [6, 6.07) is 34.1. The van der Waals surface area contributed by atoms with E-state index in [9.17, 15) is 0 Å². The summed E-state index contributed by atoms with van der Waals surface area (Å²) in [5, 5.41) is 2.89. The summed E-state index contributed by atoms with van der Waals surface area (Å²) in [7, 11) is -6.26. The van der Waals surface area contributed by atoms with Gasteiger partial charge < -0.3 is 0 Å². The molecular weight excluding hydrogens is 849 g/mol. The van der Waals surface area contributed by atoms with Crippen LogP contribution in [0.3, 0.4) is 0 Å². The Balaban J connectivity index is 0.000000333. The summed E-state index contributed by atoms with van der Waals surface area (Å²) in [5.74, 6) is 0. The van der Waals surface area contributed by atoms with E-state index >= 15 is 0 Å². The molecule has 0 aliphatic rings. The van der Waals surface area contributed by atoms with E-state index in [-0.39, 0.29) is 17.1 Å². The van der Waals surface area contributed by atoms with E-state index < -0.39 is 32.6 Å². The van der Waals surface area contributed by atoms with Crippen molar-refractivity contribution in [1.82, 2.24) is 17.0 Å². The van der Waals surface area contributed by atoms with Gasteiger partial charge in [0.2, 0.25) is 0 Å². The summed E-state index contributed by atoms with van der Waals surface area (Å²) in [6.07, 6.45) is 3.82. The van der Waals surface area contributed by atoms with Crippen molar-refractivity contribution in [2.24, 2.45) is 0 Å². The van der Waals surface area contributed by atoms with Crippen molar-refractivity contribution in [1.29, 1.82) is 0 Å². The van der Waals surface area contributed by atoms with E-state index in [1.165, 1.54) is 32.9 Å². The molecule has 256 valence electrons. The zero-order chi connectivity index (χ0) is 35.9. The molecule has 2 heterocycles. The van der Waals surface area contributed by atoms with Crippen LogP contribution in [-0.4, -0.2) is 100 Å². The first kappa shape index (κ1) is 43.5. The minimum Gasteiger partial charge on any atom is 0 e. The molecule has 0 aliphatic heterocycles. The standard InChI is InChI=1S/2C19H27GeN2Si2.Se/c2*1-23(2,3)19(17-14-10-11-15-21-17)18(22(20)24(4,5)6)16-12-8-7-9-13-16;/h2*7-15H,1-6H3;/b2*19-18+;. The molecule has 8 radical (unpaired) electrons. The second-order valence-corrected chi connectivity index (χ2v) is 39.5. The number of nitrogens with zero attached hydrogens (tertiary/aromatic N) is 4. The number of aromatic nitrogens is 2. The first-order valence-electron chi connectivity index (χ1n) is 16.7. The van der Waals surface area contributed by atoms with Crippen molar-refractivity contribution in [3.63, 3.8) is 0 Å². The summed E-state index contributed by atoms with van der Waals surface area (Å²) in [5.41, 5.74) is 7.58. The van der Waals surface area contributed by atoms with Crippen molar-refractivity contribution in [3.8, 4) is 0 Å². The van der Waals surface area contributed by atoms with Gasteiger partial charge in [-0.2, -0.15) is 0 Å². The first-order valence-corrected chi connectivity index (χ1v) is 32.5. The number of benzene rings is 2. The van der Waals surface area contributed by atoms with Crippen LogP contribution < -0.4 is 0 Å². The van der Waals surface area contributed by atoms with E-state index in [1.807, 2.05) is 24.5 Å². The van der Waals surface area contributed by atoms with Crippen molar-refractivity contribution >= 4 is 105 Å². The molecule has 49 heavy (non-hydrogen) atoms. The van der Waals surface area contributed by atoms with Crippen LogP contribution in [-0.2, 0) is 0 Å². The number of hydrogen-bond acceptors (Lipinski definition) is 4. The average molecular weight is 903 g/mol. The van der Waals surface area contributed by atoms with Crippen LogP contribution in [0, 0.1) is 0 Å². The normalized spacial score (nSPS) is 13.2. The molecule has 0 spiro atoms. The van der Waals surface area contributed by atoms with Gasteiger partial charge in [-0.3, -0.25) is 0 Å². The fourth-order valence-corrected chi connectivity index (χ4v) is 12.7. The van der Waals surface area contributed by atoms with Crippen LogP contribution in [0.2, 0.25) is 78.6 Å². The zero-order valence-electron chi connectivity index (χ0n) is 31.6. The summed E-state index contributed by atoms with van der Waals surface area (Å²) in [6.45, 7) is 28.9. The van der Waals surface area contributed by atoms with E-state index in [1.54, 1.807) is 0 Å². The number of rotatable bonds is 10. The molecule has 0 N–H and O–H groups in total. The minimum absolute atomic E-state index is 0. The maximum absolute atomic E-state index is 4.72. The molecule has 4 aromatic rings. The third-order valence-electron chi connectivity index (χ3n) is 7.70. The molecule has 0 atom stereocenters. The minimum atomic E-state index is -1.62. The monoisotopic (exact) mass is 906 g/mol. The molecule has 0 fully saturated rings. The second kappa shape index (κ2) is 18.2. The van der Waals surface area contributed by atoms with E-state index in [2.05, 4.69) is 204 Å². The van der Waals surface area contributed by atoms with Gasteiger partial charge in [-0.15, -0.1) is 0 Å². The van der Waals surface area contributed by atoms with E-state index in [0.717, 1.165) is 11.4 Å². The fraction of sp³-hybridized carbons (Fsp3) is 0.316. The maximum atomic E-state index is 4.72. The maximum Gasteiger partial charge on any atom is 0 e. The Morgan fingerprint density at radius 2 is 0.735 bits per heavy atom. The molecule has 4 nitrogen and oxygen atoms in total. The Morgan fingerprint density at radius 1 is 0.449 bits per heavy atom. The molecule has 4 rings (SSSR count). The second-order valence-electron chi connectivity index (χ2n) is 16.1. The van der Waals surface area contributed by atoms with Crippen LogP contribution in [0.4, 0.5) is 0 Å². The number of hydrogen-bond donors (Lipinski definition) is 0. The Labute approximate surface area is 329 Å². The Hall–Kier alpha value is -1.71. The molecule has 0 bridgehead atoms. The SMILES string of the molecule is C[Si](C)(C)/C(=C(\c1ccccc1)[N]([Ge])[Si](C)(C)C)c1ccccn1.C[Si](C)(C)/C(=C(\c1ccccc1)[N]([Ge])[Si](C)(C)C)c1ccccn1.[Se]. The molecule has 0 aliphatic carbocycles. The van der Waals surface area contributed by atoms with Gasteiger partial charge in [0.25, 0.3) is 0 Å². The Bertz CT molecular complexity index is 1540. The van der Waals surface area contributed by atoms with Gasteiger partial charge in [0.05, 0.1) is 0 Å². The zero-order valence-corrected chi connectivity index (χ0v) is 41.5. The Kier molecular flexibility index (Phi) is 16.1. The molecular formula is C38H54Ge2N4SeSi4. The molecule has 0 amide bonds. The van der Waals surface area contributed by atoms with Gasteiger partial charge in [-0.25, -0.2) is 0 Å². The predicted molar refractivity (Wildman–Crippen MR) is 229 cm³/mol. The van der Waals surface area contributed by atoms with Crippen LogP contribution in [0.5, 0.6) is 0 Å². The third-order valence-corrected chi connectivity index (χ3v) is 24.2. The van der Waals surface area contributed by atoms with Gasteiger partial charge in [-0.05, 0) is 0 Å². The summed E-state index contributed by atoms with van der Waals surface area (Å²) < 4.78 is 5.09. The number of pyridine rings is 2. The van der Waals surface area contributed by atoms with Gasteiger partial charge in [-0.1, -0.05) is 0 Å². The largest absolute Gasteiger partial charge is 0 e. The van der Waals surface area contributed by atoms with Crippen molar-refractivity contribution in [2.75, 3.05) is 0 Å². The quantitative estimate of drug-likeness (QED) is 0.149. The summed E-state index contributed by atoms with van der Waals surface area (Å²) >= 11 is 4.52. The average Bonchev–Trinajstić information content (AvgIpc) is 3.01. The predicted octanol–water partition coefficient (Wildman–Crippen LogP) is 9.71. The van der Waals surface area contributed by atoms with Crippen LogP contribution >= 0.6 is 0 Å².